The SMILES string of the molecule is CC(C)=CCCC(C)(O)CCC/C(C)=C/CN1C(=O)c2cccc(O)c2Nc2c(O)cc(O)cc21. The lowest BCUT2D eigenvalue weighted by Crippen LogP contribution is -2.30. The molecule has 0 bridgehead atoms. The number of aliphatic hydroxyl groups is 1. The van der Waals surface area contributed by atoms with Crippen LogP contribution in [0.2, 0.25) is 0 Å². The third kappa shape index (κ3) is 6.57. The molecule has 3 rings (SSSR count). The second kappa shape index (κ2) is 10.9. The summed E-state index contributed by atoms with van der Waals surface area (Å²) in [5.41, 5.74) is 2.61. The van der Waals surface area contributed by atoms with Crippen LogP contribution < -0.4 is 10.2 Å². The van der Waals surface area contributed by atoms with Crippen molar-refractivity contribution in [1.29, 1.82) is 0 Å². The number of benzene rings is 2. The van der Waals surface area contributed by atoms with Crippen molar-refractivity contribution in [1.82, 2.24) is 0 Å². The van der Waals surface area contributed by atoms with Gasteiger partial charge in [0.05, 0.1) is 22.5 Å². The normalized spacial score (nSPS) is 14.9. The van der Waals surface area contributed by atoms with Gasteiger partial charge in [0.2, 0.25) is 0 Å². The summed E-state index contributed by atoms with van der Waals surface area (Å²) in [5, 5.41) is 44.5. The minimum Gasteiger partial charge on any atom is -0.508 e. The largest absolute Gasteiger partial charge is 0.508 e. The maximum atomic E-state index is 13.4. The fourth-order valence-electron chi connectivity index (χ4n) is 4.24. The second-order valence-corrected chi connectivity index (χ2v) is 9.82. The number of hydrogen-bond acceptors (Lipinski definition) is 6. The van der Waals surface area contributed by atoms with Gasteiger partial charge >= 0.3 is 0 Å². The van der Waals surface area contributed by atoms with E-state index in [1.807, 2.05) is 19.9 Å². The van der Waals surface area contributed by atoms with Crippen LogP contribution in [0.1, 0.15) is 70.2 Å². The van der Waals surface area contributed by atoms with E-state index in [9.17, 15) is 25.2 Å². The lowest BCUT2D eigenvalue weighted by Gasteiger charge is -2.23. The van der Waals surface area contributed by atoms with Crippen LogP contribution in [0.5, 0.6) is 17.2 Å². The Morgan fingerprint density at radius 1 is 1.03 bits per heavy atom. The molecular weight excluding hydrogens is 444 g/mol. The van der Waals surface area contributed by atoms with Crippen LogP contribution >= 0.6 is 0 Å². The number of fused-ring (bicyclic) bond motifs is 2. The molecule has 0 spiro atoms. The molecule has 35 heavy (non-hydrogen) atoms. The highest BCUT2D eigenvalue weighted by Crippen LogP contribution is 2.45. The molecule has 1 heterocycles. The van der Waals surface area contributed by atoms with Gasteiger partial charge in [-0.3, -0.25) is 4.79 Å². The first-order valence-corrected chi connectivity index (χ1v) is 12.0. The number of phenolic OH excluding ortho intramolecular Hbond substituents is 3. The van der Waals surface area contributed by atoms with Gasteiger partial charge in [0, 0.05) is 18.7 Å². The van der Waals surface area contributed by atoms with Crippen LogP contribution in [-0.2, 0) is 0 Å². The monoisotopic (exact) mass is 480 g/mol. The smallest absolute Gasteiger partial charge is 0.260 e. The van der Waals surface area contributed by atoms with Gasteiger partial charge < -0.3 is 30.6 Å². The van der Waals surface area contributed by atoms with Gasteiger partial charge in [-0.05, 0) is 71.9 Å². The fraction of sp³-hybridized carbons (Fsp3) is 0.393. The van der Waals surface area contributed by atoms with E-state index in [4.69, 9.17) is 0 Å². The molecule has 5 N–H and O–H groups in total. The fourth-order valence-corrected chi connectivity index (χ4v) is 4.24. The molecule has 1 amide bonds. The van der Waals surface area contributed by atoms with Crippen LogP contribution in [0.25, 0.3) is 0 Å². The lowest BCUT2D eigenvalue weighted by atomic mass is 9.92. The lowest BCUT2D eigenvalue weighted by molar-refractivity contribution is 0.0410. The van der Waals surface area contributed by atoms with Crippen molar-refractivity contribution in [3.05, 3.63) is 59.2 Å². The minimum atomic E-state index is -0.724. The summed E-state index contributed by atoms with van der Waals surface area (Å²) in [6.07, 6.45) is 7.91. The number of amides is 1. The Hall–Kier alpha value is -3.45. The first kappa shape index (κ1) is 26.2. The van der Waals surface area contributed by atoms with Crippen LogP contribution in [0.3, 0.4) is 0 Å². The van der Waals surface area contributed by atoms with Crippen molar-refractivity contribution < 1.29 is 25.2 Å². The van der Waals surface area contributed by atoms with Crippen molar-refractivity contribution in [2.24, 2.45) is 0 Å². The zero-order valence-electron chi connectivity index (χ0n) is 20.9. The molecule has 0 saturated heterocycles. The highest BCUT2D eigenvalue weighted by Gasteiger charge is 2.30. The van der Waals surface area contributed by atoms with Gasteiger partial charge in [-0.1, -0.05) is 29.4 Å². The van der Waals surface area contributed by atoms with E-state index in [2.05, 4.69) is 25.2 Å². The van der Waals surface area contributed by atoms with Crippen molar-refractivity contribution >= 4 is 23.0 Å². The molecule has 0 saturated carbocycles. The van der Waals surface area contributed by atoms with E-state index in [0.717, 1.165) is 24.8 Å². The van der Waals surface area contributed by atoms with Crippen LogP contribution in [0.15, 0.2) is 53.6 Å². The van der Waals surface area contributed by atoms with Crippen molar-refractivity contribution in [2.45, 2.75) is 65.4 Å². The Kier molecular flexibility index (Phi) is 8.12. The topological polar surface area (TPSA) is 113 Å². The average Bonchev–Trinajstić information content (AvgIpc) is 2.87. The average molecular weight is 481 g/mol. The molecule has 0 radical (unpaired) electrons. The van der Waals surface area contributed by atoms with Crippen molar-refractivity contribution in [2.75, 3.05) is 16.8 Å². The maximum absolute atomic E-state index is 13.4. The molecule has 1 aliphatic rings. The van der Waals surface area contributed by atoms with E-state index in [0.29, 0.717) is 18.5 Å². The van der Waals surface area contributed by atoms with Gasteiger partial charge in [-0.25, -0.2) is 0 Å². The molecule has 0 aromatic heterocycles. The number of aromatic hydroxyl groups is 3. The van der Waals surface area contributed by atoms with Crippen molar-refractivity contribution in [3.8, 4) is 17.2 Å². The second-order valence-electron chi connectivity index (χ2n) is 9.82. The highest BCUT2D eigenvalue weighted by atomic mass is 16.3. The van der Waals surface area contributed by atoms with E-state index in [-0.39, 0.29) is 46.6 Å². The molecule has 7 heteroatoms. The number of nitrogens with one attached hydrogen (secondary N) is 1. The standard InChI is InChI=1S/C28H36N2O5/c1-18(2)8-6-13-28(4,35)14-7-9-19(3)12-15-30-22-16-20(31)17-24(33)26(22)29-25-21(27(30)34)10-5-11-23(25)32/h5,8,10-12,16-17,29,31-33,35H,6-7,9,13-15H2,1-4H3/b19-12+. The molecule has 1 atom stereocenters. The van der Waals surface area contributed by atoms with Gasteiger partial charge in [-0.2, -0.15) is 0 Å². The summed E-state index contributed by atoms with van der Waals surface area (Å²) in [6.45, 7) is 8.18. The van der Waals surface area contributed by atoms with Gasteiger partial charge in [0.25, 0.3) is 5.91 Å². The van der Waals surface area contributed by atoms with E-state index >= 15 is 0 Å². The first-order chi connectivity index (χ1) is 16.5. The van der Waals surface area contributed by atoms with Gasteiger partial charge in [0.1, 0.15) is 22.9 Å². The first-order valence-electron chi connectivity index (χ1n) is 12.0. The Bertz CT molecular complexity index is 1150. The zero-order chi connectivity index (χ0) is 25.8. The number of anilines is 3. The summed E-state index contributed by atoms with van der Waals surface area (Å²) in [4.78, 5) is 14.9. The summed E-state index contributed by atoms with van der Waals surface area (Å²) in [7, 11) is 0. The Balaban J connectivity index is 1.76. The van der Waals surface area contributed by atoms with E-state index < -0.39 is 5.60 Å². The summed E-state index contributed by atoms with van der Waals surface area (Å²) in [5.74, 6) is -0.880. The quantitative estimate of drug-likeness (QED) is 0.168. The number of phenols is 3. The molecule has 1 aliphatic heterocycles. The Morgan fingerprint density at radius 3 is 2.49 bits per heavy atom. The van der Waals surface area contributed by atoms with Crippen LogP contribution in [0, 0.1) is 0 Å². The summed E-state index contributed by atoms with van der Waals surface area (Å²) < 4.78 is 0. The van der Waals surface area contributed by atoms with Gasteiger partial charge in [0.15, 0.2) is 0 Å². The number of allylic oxidation sites excluding steroid dienone is 3. The molecule has 188 valence electrons. The van der Waals surface area contributed by atoms with E-state index in [1.165, 1.54) is 28.7 Å². The number of hydrogen-bond donors (Lipinski definition) is 5. The number of para-hydroxylation sites is 1. The molecule has 0 fully saturated rings. The Morgan fingerprint density at radius 2 is 1.77 bits per heavy atom. The minimum absolute atomic E-state index is 0.112. The maximum Gasteiger partial charge on any atom is 0.260 e. The third-order valence-corrected chi connectivity index (χ3v) is 6.28. The van der Waals surface area contributed by atoms with Crippen LogP contribution in [-0.4, -0.2) is 38.5 Å². The third-order valence-electron chi connectivity index (χ3n) is 6.28. The molecule has 2 aromatic carbocycles. The number of carbonyl (C=O) groups excluding carboxylic acids is 1. The highest BCUT2D eigenvalue weighted by molar-refractivity contribution is 6.15. The molecule has 0 aliphatic carbocycles. The van der Waals surface area contributed by atoms with Gasteiger partial charge in [-0.15, -0.1) is 0 Å². The van der Waals surface area contributed by atoms with Crippen LogP contribution in [0.4, 0.5) is 17.1 Å². The Labute approximate surface area is 207 Å². The summed E-state index contributed by atoms with van der Waals surface area (Å²) in [6, 6.07) is 7.25. The predicted molar refractivity (Wildman–Crippen MR) is 140 cm³/mol. The number of carbonyl (C=O) groups is 1. The molecule has 1 unspecified atom stereocenters. The number of nitrogens with zero attached hydrogens (tertiary/aromatic N) is 1. The number of rotatable bonds is 9. The van der Waals surface area contributed by atoms with E-state index in [1.54, 1.807) is 12.1 Å². The summed E-state index contributed by atoms with van der Waals surface area (Å²) >= 11 is 0. The molecular formula is C28H36N2O5. The zero-order valence-corrected chi connectivity index (χ0v) is 20.9. The predicted octanol–water partition coefficient (Wildman–Crippen LogP) is 6.12. The molecule has 7 nitrogen and oxygen atoms in total. The van der Waals surface area contributed by atoms with Crippen molar-refractivity contribution in [3.63, 3.8) is 0 Å². The molecule has 2 aromatic rings.